The largest absolute Gasteiger partial charge is 0.388 e. The zero-order valence-corrected chi connectivity index (χ0v) is 8.02. The maximum Gasteiger partial charge on any atom is 0.123 e. The number of hydrogen-bond acceptors (Lipinski definition) is 2. The minimum absolute atomic E-state index is 0.302. The summed E-state index contributed by atoms with van der Waals surface area (Å²) in [4.78, 5) is 6.91. The van der Waals surface area contributed by atoms with Crippen molar-refractivity contribution in [1.82, 2.24) is 9.97 Å². The predicted octanol–water partition coefficient (Wildman–Crippen LogP) is 1.82. The number of halogens is 1. The molecule has 0 aliphatic heterocycles. The monoisotopic (exact) mass is 206 g/mol. The summed E-state index contributed by atoms with van der Waals surface area (Å²) in [5.74, 6) is 0.413. The van der Waals surface area contributed by atoms with Gasteiger partial charge in [0.05, 0.1) is 6.10 Å². The first-order valence-corrected chi connectivity index (χ1v) is 4.67. The molecule has 1 atom stereocenters. The number of hydrogen-bond donors (Lipinski definition) is 2. The van der Waals surface area contributed by atoms with Gasteiger partial charge in [0, 0.05) is 18.8 Å². The normalized spacial score (nSPS) is 12.7. The topological polar surface area (TPSA) is 48.9 Å². The molecule has 1 unspecified atom stereocenters. The highest BCUT2D eigenvalue weighted by Crippen LogP contribution is 2.16. The highest BCUT2D eigenvalue weighted by Gasteiger charge is 2.09. The molecule has 3 nitrogen and oxygen atoms in total. The third-order valence-corrected chi connectivity index (χ3v) is 2.20. The summed E-state index contributed by atoms with van der Waals surface area (Å²) in [7, 11) is 0. The Labute approximate surface area is 86.6 Å². The lowest BCUT2D eigenvalue weighted by molar-refractivity contribution is 0.176. The van der Waals surface area contributed by atoms with E-state index in [0.717, 1.165) is 0 Å². The van der Waals surface area contributed by atoms with Gasteiger partial charge in [-0.2, -0.15) is 0 Å². The summed E-state index contributed by atoms with van der Waals surface area (Å²) in [5.41, 5.74) is 0.688. The predicted molar refractivity (Wildman–Crippen MR) is 53.7 cm³/mol. The SMILES string of the molecule is OC(Cc1ncc[nH]1)c1ccc(F)cc1. The van der Waals surface area contributed by atoms with Gasteiger partial charge in [-0.1, -0.05) is 12.1 Å². The van der Waals surface area contributed by atoms with Crippen LogP contribution in [0.15, 0.2) is 36.7 Å². The van der Waals surface area contributed by atoms with Crippen LogP contribution < -0.4 is 0 Å². The van der Waals surface area contributed by atoms with Crippen molar-refractivity contribution in [1.29, 1.82) is 0 Å². The van der Waals surface area contributed by atoms with E-state index in [4.69, 9.17) is 0 Å². The molecule has 2 N–H and O–H groups in total. The minimum atomic E-state index is -0.656. The first-order chi connectivity index (χ1) is 7.25. The van der Waals surface area contributed by atoms with Crippen LogP contribution in [0.25, 0.3) is 0 Å². The fraction of sp³-hybridized carbons (Fsp3) is 0.182. The molecular weight excluding hydrogens is 195 g/mol. The first kappa shape index (κ1) is 9.86. The van der Waals surface area contributed by atoms with Crippen molar-refractivity contribution in [2.24, 2.45) is 0 Å². The van der Waals surface area contributed by atoms with Crippen LogP contribution in [-0.2, 0) is 6.42 Å². The van der Waals surface area contributed by atoms with E-state index < -0.39 is 6.10 Å². The van der Waals surface area contributed by atoms with Crippen LogP contribution >= 0.6 is 0 Å². The van der Waals surface area contributed by atoms with Gasteiger partial charge in [-0.25, -0.2) is 9.37 Å². The summed E-state index contributed by atoms with van der Waals surface area (Å²) in [6, 6.07) is 5.81. The van der Waals surface area contributed by atoms with Gasteiger partial charge in [-0.15, -0.1) is 0 Å². The van der Waals surface area contributed by atoms with Crippen LogP contribution in [0.4, 0.5) is 4.39 Å². The standard InChI is InChI=1S/C11H11FN2O/c12-9-3-1-8(2-4-9)10(15)7-11-13-5-6-14-11/h1-6,10,15H,7H2,(H,13,14). The van der Waals surface area contributed by atoms with E-state index in [1.165, 1.54) is 12.1 Å². The van der Waals surface area contributed by atoms with Crippen molar-refractivity contribution in [3.05, 3.63) is 53.9 Å². The molecule has 78 valence electrons. The van der Waals surface area contributed by atoms with Gasteiger partial charge in [-0.3, -0.25) is 0 Å². The van der Waals surface area contributed by atoms with Gasteiger partial charge >= 0.3 is 0 Å². The van der Waals surface area contributed by atoms with E-state index >= 15 is 0 Å². The molecular formula is C11H11FN2O. The molecule has 4 heteroatoms. The molecule has 1 aromatic heterocycles. The summed E-state index contributed by atoms with van der Waals surface area (Å²) in [6.45, 7) is 0. The maximum absolute atomic E-state index is 12.6. The third kappa shape index (κ3) is 2.41. The summed E-state index contributed by atoms with van der Waals surface area (Å²) in [6.07, 6.45) is 3.08. The number of imidazole rings is 1. The van der Waals surface area contributed by atoms with Crippen molar-refractivity contribution in [2.45, 2.75) is 12.5 Å². The second-order valence-electron chi connectivity index (χ2n) is 3.31. The maximum atomic E-state index is 12.6. The molecule has 15 heavy (non-hydrogen) atoms. The molecule has 0 radical (unpaired) electrons. The highest BCUT2D eigenvalue weighted by molar-refractivity contribution is 5.19. The Balaban J connectivity index is 2.08. The fourth-order valence-electron chi connectivity index (χ4n) is 1.40. The molecule has 0 fully saturated rings. The molecule has 2 aromatic rings. The summed E-state index contributed by atoms with van der Waals surface area (Å²) in [5, 5.41) is 9.80. The number of rotatable bonds is 3. The number of nitrogens with zero attached hydrogens (tertiary/aromatic N) is 1. The number of aromatic amines is 1. The van der Waals surface area contributed by atoms with Crippen molar-refractivity contribution >= 4 is 0 Å². The average molecular weight is 206 g/mol. The van der Waals surface area contributed by atoms with Crippen LogP contribution in [0.1, 0.15) is 17.5 Å². The van der Waals surface area contributed by atoms with Crippen LogP contribution in [0, 0.1) is 5.82 Å². The first-order valence-electron chi connectivity index (χ1n) is 4.67. The Bertz CT molecular complexity index is 411. The average Bonchev–Trinajstić information content (AvgIpc) is 2.71. The van der Waals surface area contributed by atoms with E-state index in [-0.39, 0.29) is 5.82 Å². The number of nitrogens with one attached hydrogen (secondary N) is 1. The smallest absolute Gasteiger partial charge is 0.123 e. The zero-order valence-electron chi connectivity index (χ0n) is 8.02. The molecule has 1 heterocycles. The molecule has 0 aliphatic rings. The van der Waals surface area contributed by atoms with Crippen LogP contribution in [-0.4, -0.2) is 15.1 Å². The van der Waals surface area contributed by atoms with Crippen LogP contribution in [0.3, 0.4) is 0 Å². The molecule has 1 aromatic carbocycles. The van der Waals surface area contributed by atoms with Gasteiger partial charge in [0.25, 0.3) is 0 Å². The summed E-state index contributed by atoms with van der Waals surface area (Å²) >= 11 is 0. The van der Waals surface area contributed by atoms with Crippen LogP contribution in [0.5, 0.6) is 0 Å². The van der Waals surface area contributed by atoms with E-state index in [0.29, 0.717) is 17.8 Å². The molecule has 0 amide bonds. The molecule has 0 spiro atoms. The molecule has 2 rings (SSSR count). The van der Waals surface area contributed by atoms with Crippen molar-refractivity contribution in [3.8, 4) is 0 Å². The second kappa shape index (κ2) is 4.23. The lowest BCUT2D eigenvalue weighted by Crippen LogP contribution is -2.03. The van der Waals surface area contributed by atoms with Crippen molar-refractivity contribution < 1.29 is 9.50 Å². The number of aliphatic hydroxyl groups excluding tert-OH is 1. The van der Waals surface area contributed by atoms with E-state index in [2.05, 4.69) is 9.97 Å². The van der Waals surface area contributed by atoms with E-state index in [9.17, 15) is 9.50 Å². The van der Waals surface area contributed by atoms with Crippen LogP contribution in [0.2, 0.25) is 0 Å². The van der Waals surface area contributed by atoms with Gasteiger partial charge in [0.15, 0.2) is 0 Å². The minimum Gasteiger partial charge on any atom is -0.388 e. The number of H-pyrrole nitrogens is 1. The Hall–Kier alpha value is -1.68. The fourth-order valence-corrected chi connectivity index (χ4v) is 1.40. The number of aromatic nitrogens is 2. The van der Waals surface area contributed by atoms with Gasteiger partial charge < -0.3 is 10.1 Å². The molecule has 0 saturated carbocycles. The summed E-state index contributed by atoms with van der Waals surface area (Å²) < 4.78 is 12.6. The lowest BCUT2D eigenvalue weighted by atomic mass is 10.1. The van der Waals surface area contributed by atoms with Crippen molar-refractivity contribution in [3.63, 3.8) is 0 Å². The third-order valence-electron chi connectivity index (χ3n) is 2.20. The van der Waals surface area contributed by atoms with E-state index in [1.807, 2.05) is 0 Å². The lowest BCUT2D eigenvalue weighted by Gasteiger charge is -2.08. The Morgan fingerprint density at radius 1 is 1.33 bits per heavy atom. The van der Waals surface area contributed by atoms with Gasteiger partial charge in [0.2, 0.25) is 0 Å². The molecule has 0 aliphatic carbocycles. The number of aliphatic hydroxyl groups is 1. The quantitative estimate of drug-likeness (QED) is 0.804. The highest BCUT2D eigenvalue weighted by atomic mass is 19.1. The Kier molecular flexibility index (Phi) is 2.78. The van der Waals surface area contributed by atoms with Gasteiger partial charge in [-0.05, 0) is 17.7 Å². The Morgan fingerprint density at radius 3 is 2.67 bits per heavy atom. The second-order valence-corrected chi connectivity index (χ2v) is 3.31. The molecule has 0 saturated heterocycles. The molecule has 0 bridgehead atoms. The zero-order chi connectivity index (χ0) is 10.7. The number of benzene rings is 1. The Morgan fingerprint density at radius 2 is 2.07 bits per heavy atom. The van der Waals surface area contributed by atoms with E-state index in [1.54, 1.807) is 24.5 Å². The van der Waals surface area contributed by atoms with Crippen molar-refractivity contribution in [2.75, 3.05) is 0 Å². The van der Waals surface area contributed by atoms with Gasteiger partial charge in [0.1, 0.15) is 11.6 Å².